The van der Waals surface area contributed by atoms with Crippen LogP contribution in [-0.2, 0) is 17.4 Å². The molecule has 0 aliphatic carbocycles. The van der Waals surface area contributed by atoms with Gasteiger partial charge in [-0.1, -0.05) is 6.07 Å². The Bertz CT molecular complexity index is 499. The highest BCUT2D eigenvalue weighted by Crippen LogP contribution is 2.41. The Morgan fingerprint density at radius 2 is 2.16 bits per heavy atom. The minimum atomic E-state index is -4.37. The van der Waals surface area contributed by atoms with Gasteiger partial charge < -0.3 is 10.0 Å². The van der Waals surface area contributed by atoms with Gasteiger partial charge in [0.1, 0.15) is 0 Å². The van der Waals surface area contributed by atoms with Crippen molar-refractivity contribution in [3.8, 4) is 0 Å². The summed E-state index contributed by atoms with van der Waals surface area (Å²) >= 11 is 0. The van der Waals surface area contributed by atoms with Crippen LogP contribution in [0, 0.1) is 0 Å². The predicted octanol–water partition coefficient (Wildman–Crippen LogP) is 2.93. The SMILES string of the molecule is CN1c2cccc(C(F)(F)F)c2CC1CCC(=O)O. The van der Waals surface area contributed by atoms with Crippen LogP contribution in [0.4, 0.5) is 18.9 Å². The average molecular weight is 273 g/mol. The van der Waals surface area contributed by atoms with E-state index in [1.807, 2.05) is 0 Å². The lowest BCUT2D eigenvalue weighted by atomic mass is 10.0. The monoisotopic (exact) mass is 273 g/mol. The fourth-order valence-corrected chi connectivity index (χ4v) is 2.54. The lowest BCUT2D eigenvalue weighted by molar-refractivity contribution is -0.138. The summed E-state index contributed by atoms with van der Waals surface area (Å²) in [7, 11) is 1.71. The molecule has 1 N–H and O–H groups in total. The normalized spacial score (nSPS) is 18.5. The van der Waals surface area contributed by atoms with Gasteiger partial charge in [-0.2, -0.15) is 13.2 Å². The van der Waals surface area contributed by atoms with Crippen LogP contribution in [0.1, 0.15) is 24.0 Å². The molecule has 1 aliphatic rings. The van der Waals surface area contributed by atoms with Gasteiger partial charge in [0.2, 0.25) is 0 Å². The summed E-state index contributed by atoms with van der Waals surface area (Å²) in [6.07, 6.45) is -3.81. The molecular formula is C13H14F3NO2. The Morgan fingerprint density at radius 3 is 2.74 bits per heavy atom. The Kier molecular flexibility index (Phi) is 3.43. The number of nitrogens with zero attached hydrogens (tertiary/aromatic N) is 1. The Balaban J connectivity index is 2.27. The van der Waals surface area contributed by atoms with Crippen LogP contribution in [0.15, 0.2) is 18.2 Å². The third-order valence-electron chi connectivity index (χ3n) is 3.52. The summed E-state index contributed by atoms with van der Waals surface area (Å²) in [6.45, 7) is 0. The zero-order chi connectivity index (χ0) is 14.2. The van der Waals surface area contributed by atoms with Crippen molar-refractivity contribution in [1.29, 1.82) is 0 Å². The molecule has 1 aliphatic heterocycles. The molecule has 19 heavy (non-hydrogen) atoms. The number of carbonyl (C=O) groups is 1. The first-order valence-corrected chi connectivity index (χ1v) is 5.94. The van der Waals surface area contributed by atoms with Crippen LogP contribution in [-0.4, -0.2) is 24.2 Å². The zero-order valence-electron chi connectivity index (χ0n) is 10.4. The number of benzene rings is 1. The molecule has 0 fully saturated rings. The second kappa shape index (κ2) is 4.75. The third kappa shape index (κ3) is 2.67. The van der Waals surface area contributed by atoms with E-state index in [4.69, 9.17) is 5.11 Å². The molecule has 104 valence electrons. The number of halogens is 3. The van der Waals surface area contributed by atoms with E-state index >= 15 is 0 Å². The largest absolute Gasteiger partial charge is 0.481 e. The van der Waals surface area contributed by atoms with E-state index in [2.05, 4.69) is 0 Å². The Morgan fingerprint density at radius 1 is 1.47 bits per heavy atom. The van der Waals surface area contributed by atoms with Gasteiger partial charge >= 0.3 is 12.1 Å². The molecule has 1 aromatic carbocycles. The number of fused-ring (bicyclic) bond motifs is 1. The second-order valence-electron chi connectivity index (χ2n) is 4.70. The maximum atomic E-state index is 12.9. The summed E-state index contributed by atoms with van der Waals surface area (Å²) in [4.78, 5) is 12.3. The van der Waals surface area contributed by atoms with Crippen molar-refractivity contribution < 1.29 is 23.1 Å². The van der Waals surface area contributed by atoms with Gasteiger partial charge in [0.25, 0.3) is 0 Å². The first-order valence-electron chi connectivity index (χ1n) is 5.94. The Labute approximate surface area is 108 Å². The third-order valence-corrected chi connectivity index (χ3v) is 3.52. The number of rotatable bonds is 3. The molecule has 0 aromatic heterocycles. The molecule has 0 saturated heterocycles. The molecule has 1 heterocycles. The van der Waals surface area contributed by atoms with E-state index in [-0.39, 0.29) is 24.4 Å². The average Bonchev–Trinajstić information content (AvgIpc) is 2.62. The number of hydrogen-bond donors (Lipinski definition) is 1. The topological polar surface area (TPSA) is 40.5 Å². The molecule has 1 aromatic rings. The lowest BCUT2D eigenvalue weighted by Gasteiger charge is -2.21. The zero-order valence-corrected chi connectivity index (χ0v) is 10.4. The molecule has 0 spiro atoms. The molecule has 0 saturated carbocycles. The van der Waals surface area contributed by atoms with Crippen LogP contribution >= 0.6 is 0 Å². The number of carboxylic acids is 1. The first kappa shape index (κ1) is 13.7. The molecular weight excluding hydrogens is 259 g/mol. The fourth-order valence-electron chi connectivity index (χ4n) is 2.54. The van der Waals surface area contributed by atoms with Gasteiger partial charge in [0.05, 0.1) is 5.56 Å². The summed E-state index contributed by atoms with van der Waals surface area (Å²) in [5.41, 5.74) is 0.202. The van der Waals surface area contributed by atoms with Crippen molar-refractivity contribution in [2.75, 3.05) is 11.9 Å². The number of carboxylic acid groups (broad SMARTS) is 1. The summed E-state index contributed by atoms with van der Waals surface area (Å²) in [6, 6.07) is 3.92. The molecule has 0 radical (unpaired) electrons. The van der Waals surface area contributed by atoms with Gasteiger partial charge in [-0.25, -0.2) is 0 Å². The van der Waals surface area contributed by atoms with E-state index in [1.165, 1.54) is 6.07 Å². The van der Waals surface area contributed by atoms with Gasteiger partial charge in [-0.3, -0.25) is 4.79 Å². The molecule has 1 unspecified atom stereocenters. The highest BCUT2D eigenvalue weighted by Gasteiger charge is 2.38. The van der Waals surface area contributed by atoms with Gasteiger partial charge in [0, 0.05) is 25.2 Å². The fraction of sp³-hybridized carbons (Fsp3) is 0.462. The van der Waals surface area contributed by atoms with E-state index in [0.29, 0.717) is 12.1 Å². The summed E-state index contributed by atoms with van der Waals surface area (Å²) in [5.74, 6) is -0.930. The van der Waals surface area contributed by atoms with E-state index in [9.17, 15) is 18.0 Å². The second-order valence-corrected chi connectivity index (χ2v) is 4.70. The van der Waals surface area contributed by atoms with Crippen molar-refractivity contribution in [1.82, 2.24) is 0 Å². The Hall–Kier alpha value is -1.72. The molecule has 3 nitrogen and oxygen atoms in total. The van der Waals surface area contributed by atoms with Crippen molar-refractivity contribution >= 4 is 11.7 Å². The predicted molar refractivity (Wildman–Crippen MR) is 64.2 cm³/mol. The standard InChI is InChI=1S/C13H14F3NO2/c1-17-8(5-6-12(18)19)7-9-10(13(14,15)16)3-2-4-11(9)17/h2-4,8H,5-7H2,1H3,(H,18,19). The highest BCUT2D eigenvalue weighted by molar-refractivity contribution is 5.67. The van der Waals surface area contributed by atoms with Gasteiger partial charge in [-0.05, 0) is 30.5 Å². The van der Waals surface area contributed by atoms with Crippen molar-refractivity contribution in [2.45, 2.75) is 31.5 Å². The van der Waals surface area contributed by atoms with Crippen LogP contribution in [0.25, 0.3) is 0 Å². The van der Waals surface area contributed by atoms with Crippen LogP contribution in [0.3, 0.4) is 0 Å². The van der Waals surface area contributed by atoms with Crippen LogP contribution in [0.5, 0.6) is 0 Å². The van der Waals surface area contributed by atoms with Crippen molar-refractivity contribution in [3.05, 3.63) is 29.3 Å². The minimum absolute atomic E-state index is 0.0374. The maximum Gasteiger partial charge on any atom is 0.416 e. The number of alkyl halides is 3. The van der Waals surface area contributed by atoms with Crippen molar-refractivity contribution in [3.63, 3.8) is 0 Å². The lowest BCUT2D eigenvalue weighted by Crippen LogP contribution is -2.28. The molecule has 6 heteroatoms. The number of anilines is 1. The van der Waals surface area contributed by atoms with Crippen LogP contribution in [0.2, 0.25) is 0 Å². The molecule has 1 atom stereocenters. The quantitative estimate of drug-likeness (QED) is 0.920. The number of likely N-dealkylation sites (N-methyl/N-ethyl adjacent to an activating group) is 1. The van der Waals surface area contributed by atoms with E-state index in [1.54, 1.807) is 18.0 Å². The summed E-state index contributed by atoms with van der Waals surface area (Å²) in [5, 5.41) is 8.66. The van der Waals surface area contributed by atoms with Gasteiger partial charge in [-0.15, -0.1) is 0 Å². The van der Waals surface area contributed by atoms with Crippen molar-refractivity contribution in [2.24, 2.45) is 0 Å². The van der Waals surface area contributed by atoms with Crippen LogP contribution < -0.4 is 4.90 Å². The molecule has 2 rings (SSSR count). The summed E-state index contributed by atoms with van der Waals surface area (Å²) < 4.78 is 38.7. The maximum absolute atomic E-state index is 12.9. The van der Waals surface area contributed by atoms with Gasteiger partial charge in [0.15, 0.2) is 0 Å². The highest BCUT2D eigenvalue weighted by atomic mass is 19.4. The minimum Gasteiger partial charge on any atom is -0.481 e. The molecule has 0 amide bonds. The smallest absolute Gasteiger partial charge is 0.416 e. The van der Waals surface area contributed by atoms with E-state index < -0.39 is 17.7 Å². The first-order chi connectivity index (χ1) is 8.80. The number of aliphatic carboxylic acids is 1. The molecule has 0 bridgehead atoms. The van der Waals surface area contributed by atoms with E-state index in [0.717, 1.165) is 6.07 Å². The number of hydrogen-bond acceptors (Lipinski definition) is 2.